The Kier molecular flexibility index (Phi) is 5.09. The van der Waals surface area contributed by atoms with Gasteiger partial charge < -0.3 is 15.4 Å². The highest BCUT2D eigenvalue weighted by Gasteiger charge is 2.13. The van der Waals surface area contributed by atoms with Gasteiger partial charge in [0.2, 0.25) is 0 Å². The SMILES string of the molecule is CNC(=O)c1ccccc1NC(=O)c1ccc(C(=O)OC)cc1. The highest BCUT2D eigenvalue weighted by molar-refractivity contribution is 6.09. The molecule has 118 valence electrons. The van der Waals surface area contributed by atoms with E-state index in [1.165, 1.54) is 38.4 Å². The molecule has 2 N–H and O–H groups in total. The number of hydrogen-bond donors (Lipinski definition) is 2. The smallest absolute Gasteiger partial charge is 0.337 e. The number of amides is 2. The molecule has 0 saturated carbocycles. The summed E-state index contributed by atoms with van der Waals surface area (Å²) in [7, 11) is 2.81. The Labute approximate surface area is 133 Å². The molecule has 6 nitrogen and oxygen atoms in total. The molecule has 23 heavy (non-hydrogen) atoms. The maximum atomic E-state index is 12.3. The second-order valence-corrected chi connectivity index (χ2v) is 4.65. The normalized spacial score (nSPS) is 9.83. The van der Waals surface area contributed by atoms with Crippen molar-refractivity contribution in [3.05, 3.63) is 65.2 Å². The number of benzene rings is 2. The average molecular weight is 312 g/mol. The van der Waals surface area contributed by atoms with Crippen molar-refractivity contribution in [1.82, 2.24) is 5.32 Å². The standard InChI is InChI=1S/C17H16N2O4/c1-18-16(21)13-5-3-4-6-14(13)19-15(20)11-7-9-12(10-8-11)17(22)23-2/h3-10H,1-2H3,(H,18,21)(H,19,20). The van der Waals surface area contributed by atoms with Crippen molar-refractivity contribution in [2.75, 3.05) is 19.5 Å². The number of hydrogen-bond acceptors (Lipinski definition) is 4. The highest BCUT2D eigenvalue weighted by atomic mass is 16.5. The molecule has 2 aromatic rings. The maximum absolute atomic E-state index is 12.3. The zero-order chi connectivity index (χ0) is 16.8. The molecule has 6 heteroatoms. The number of ether oxygens (including phenoxy) is 1. The van der Waals surface area contributed by atoms with E-state index in [-0.39, 0.29) is 11.8 Å². The van der Waals surface area contributed by atoms with Crippen LogP contribution in [0.15, 0.2) is 48.5 Å². The van der Waals surface area contributed by atoms with Crippen LogP contribution in [0.2, 0.25) is 0 Å². The molecule has 0 aliphatic rings. The molecular formula is C17H16N2O4. The Morgan fingerprint density at radius 3 is 2.09 bits per heavy atom. The third-order valence-corrected chi connectivity index (χ3v) is 3.22. The van der Waals surface area contributed by atoms with Crippen molar-refractivity contribution in [3.63, 3.8) is 0 Å². The lowest BCUT2D eigenvalue weighted by atomic mass is 10.1. The van der Waals surface area contributed by atoms with Crippen molar-refractivity contribution < 1.29 is 19.1 Å². The van der Waals surface area contributed by atoms with Gasteiger partial charge in [0.25, 0.3) is 11.8 Å². The minimum Gasteiger partial charge on any atom is -0.465 e. The number of methoxy groups -OCH3 is 1. The molecule has 0 fully saturated rings. The van der Waals surface area contributed by atoms with Gasteiger partial charge in [-0.1, -0.05) is 12.1 Å². The first-order valence-corrected chi connectivity index (χ1v) is 6.87. The van der Waals surface area contributed by atoms with Crippen molar-refractivity contribution in [3.8, 4) is 0 Å². The van der Waals surface area contributed by atoms with Gasteiger partial charge in [0.1, 0.15) is 0 Å². The van der Waals surface area contributed by atoms with Crippen molar-refractivity contribution in [2.45, 2.75) is 0 Å². The summed E-state index contributed by atoms with van der Waals surface area (Å²) in [5.74, 6) is -1.14. The van der Waals surface area contributed by atoms with Gasteiger partial charge in [0.05, 0.1) is 23.9 Å². The third kappa shape index (κ3) is 3.74. The molecular weight excluding hydrogens is 296 g/mol. The molecule has 0 unspecified atom stereocenters. The lowest BCUT2D eigenvalue weighted by Gasteiger charge is -2.10. The van der Waals surface area contributed by atoms with E-state index in [4.69, 9.17) is 0 Å². The van der Waals surface area contributed by atoms with Gasteiger partial charge in [-0.3, -0.25) is 9.59 Å². The van der Waals surface area contributed by atoms with Crippen LogP contribution in [0.5, 0.6) is 0 Å². The summed E-state index contributed by atoms with van der Waals surface area (Å²) in [6.45, 7) is 0. The summed E-state index contributed by atoms with van der Waals surface area (Å²) in [6, 6.07) is 12.7. The van der Waals surface area contributed by atoms with E-state index in [1.54, 1.807) is 24.3 Å². The van der Waals surface area contributed by atoms with Gasteiger partial charge in [-0.25, -0.2) is 4.79 Å². The lowest BCUT2D eigenvalue weighted by molar-refractivity contribution is 0.0600. The summed E-state index contributed by atoms with van der Waals surface area (Å²) in [5, 5.41) is 5.21. The molecule has 0 spiro atoms. The first kappa shape index (κ1) is 16.2. The topological polar surface area (TPSA) is 84.5 Å². The lowest BCUT2D eigenvalue weighted by Crippen LogP contribution is -2.21. The van der Waals surface area contributed by atoms with Gasteiger partial charge >= 0.3 is 5.97 Å². The second-order valence-electron chi connectivity index (χ2n) is 4.65. The number of para-hydroxylation sites is 1. The van der Waals surface area contributed by atoms with Crippen LogP contribution in [0.25, 0.3) is 0 Å². The van der Waals surface area contributed by atoms with Crippen molar-refractivity contribution >= 4 is 23.5 Å². The van der Waals surface area contributed by atoms with E-state index in [0.29, 0.717) is 22.4 Å². The number of carbonyl (C=O) groups excluding carboxylic acids is 3. The van der Waals surface area contributed by atoms with Gasteiger partial charge in [0.15, 0.2) is 0 Å². The summed E-state index contributed by atoms with van der Waals surface area (Å²) < 4.78 is 4.60. The first-order chi connectivity index (χ1) is 11.1. The van der Waals surface area contributed by atoms with E-state index in [9.17, 15) is 14.4 Å². The van der Waals surface area contributed by atoms with Crippen LogP contribution in [-0.2, 0) is 4.74 Å². The van der Waals surface area contributed by atoms with Gasteiger partial charge in [-0.15, -0.1) is 0 Å². The molecule has 0 heterocycles. The van der Waals surface area contributed by atoms with Gasteiger partial charge in [0, 0.05) is 12.6 Å². The fraction of sp³-hybridized carbons (Fsp3) is 0.118. The Bertz CT molecular complexity index is 739. The molecule has 0 aliphatic carbocycles. The quantitative estimate of drug-likeness (QED) is 0.847. The third-order valence-electron chi connectivity index (χ3n) is 3.22. The molecule has 0 aliphatic heterocycles. The zero-order valence-electron chi connectivity index (χ0n) is 12.8. The molecule has 0 aromatic heterocycles. The van der Waals surface area contributed by atoms with Crippen LogP contribution >= 0.6 is 0 Å². The molecule has 0 atom stereocenters. The predicted octanol–water partition coefficient (Wildman–Crippen LogP) is 2.09. The molecule has 0 bridgehead atoms. The fourth-order valence-corrected chi connectivity index (χ4v) is 1.99. The Morgan fingerprint density at radius 2 is 1.48 bits per heavy atom. The number of nitrogens with one attached hydrogen (secondary N) is 2. The summed E-state index contributed by atoms with van der Waals surface area (Å²) in [5.41, 5.74) is 1.50. The molecule has 2 aromatic carbocycles. The minimum absolute atomic E-state index is 0.290. The molecule has 2 rings (SSSR count). The first-order valence-electron chi connectivity index (χ1n) is 6.87. The molecule has 0 radical (unpaired) electrons. The zero-order valence-corrected chi connectivity index (χ0v) is 12.8. The largest absolute Gasteiger partial charge is 0.465 e. The Hall–Kier alpha value is -3.15. The second kappa shape index (κ2) is 7.22. The van der Waals surface area contributed by atoms with Crippen LogP contribution in [-0.4, -0.2) is 31.9 Å². The van der Waals surface area contributed by atoms with Crippen LogP contribution < -0.4 is 10.6 Å². The fourth-order valence-electron chi connectivity index (χ4n) is 1.99. The van der Waals surface area contributed by atoms with E-state index >= 15 is 0 Å². The van der Waals surface area contributed by atoms with Gasteiger partial charge in [-0.2, -0.15) is 0 Å². The van der Waals surface area contributed by atoms with E-state index < -0.39 is 5.97 Å². The average Bonchev–Trinajstić information content (AvgIpc) is 2.61. The number of esters is 1. The van der Waals surface area contributed by atoms with Crippen molar-refractivity contribution in [1.29, 1.82) is 0 Å². The van der Waals surface area contributed by atoms with E-state index in [2.05, 4.69) is 15.4 Å². The van der Waals surface area contributed by atoms with Gasteiger partial charge in [-0.05, 0) is 36.4 Å². The maximum Gasteiger partial charge on any atom is 0.337 e. The summed E-state index contributed by atoms with van der Waals surface area (Å²) in [4.78, 5) is 35.4. The van der Waals surface area contributed by atoms with Crippen LogP contribution in [0.4, 0.5) is 5.69 Å². The highest BCUT2D eigenvalue weighted by Crippen LogP contribution is 2.16. The summed E-state index contributed by atoms with van der Waals surface area (Å²) in [6.07, 6.45) is 0. The molecule has 2 amide bonds. The minimum atomic E-state index is -0.470. The number of anilines is 1. The van der Waals surface area contributed by atoms with E-state index in [1.807, 2.05) is 0 Å². The van der Waals surface area contributed by atoms with Crippen molar-refractivity contribution in [2.24, 2.45) is 0 Å². The Balaban J connectivity index is 2.20. The van der Waals surface area contributed by atoms with E-state index in [0.717, 1.165) is 0 Å². The molecule has 0 saturated heterocycles. The van der Waals surface area contributed by atoms with Crippen LogP contribution in [0.3, 0.4) is 0 Å². The number of rotatable bonds is 4. The van der Waals surface area contributed by atoms with Crippen LogP contribution in [0, 0.1) is 0 Å². The monoisotopic (exact) mass is 312 g/mol. The van der Waals surface area contributed by atoms with Crippen LogP contribution in [0.1, 0.15) is 31.1 Å². The number of carbonyl (C=O) groups is 3. The Morgan fingerprint density at radius 1 is 0.870 bits per heavy atom. The summed E-state index contributed by atoms with van der Waals surface area (Å²) >= 11 is 0. The predicted molar refractivity (Wildman–Crippen MR) is 85.6 cm³/mol.